The zero-order valence-corrected chi connectivity index (χ0v) is 14.5. The Balaban J connectivity index is 0.00000192. The SMILES string of the molecule is COc1ccnc(N2CCN(C(=S)c3ccccc3)CC2)n1.Cl. The monoisotopic (exact) mass is 350 g/mol. The number of ether oxygens (including phenoxy) is 1. The van der Waals surface area contributed by atoms with Crippen molar-refractivity contribution >= 4 is 35.6 Å². The first-order valence-corrected chi connectivity index (χ1v) is 7.65. The first-order valence-electron chi connectivity index (χ1n) is 7.24. The molecule has 1 aromatic heterocycles. The standard InChI is InChI=1S/C16H18N4OS.ClH/c1-21-14-7-8-17-16(18-14)20-11-9-19(10-12-20)15(22)13-5-3-2-4-6-13;/h2-8H,9-12H2,1H3;1H. The molecule has 0 unspecified atom stereocenters. The van der Waals surface area contributed by atoms with Gasteiger partial charge < -0.3 is 14.5 Å². The topological polar surface area (TPSA) is 41.5 Å². The van der Waals surface area contributed by atoms with Crippen molar-refractivity contribution in [1.29, 1.82) is 0 Å². The van der Waals surface area contributed by atoms with E-state index in [1.807, 2.05) is 18.2 Å². The number of aromatic nitrogens is 2. The van der Waals surface area contributed by atoms with Gasteiger partial charge in [0, 0.05) is 44.0 Å². The molecule has 0 saturated carbocycles. The van der Waals surface area contributed by atoms with Gasteiger partial charge in [0.2, 0.25) is 11.8 Å². The molecular formula is C16H19ClN4OS. The van der Waals surface area contributed by atoms with Crippen molar-refractivity contribution in [2.75, 3.05) is 38.2 Å². The van der Waals surface area contributed by atoms with Gasteiger partial charge in [0.05, 0.1) is 7.11 Å². The molecule has 0 spiro atoms. The van der Waals surface area contributed by atoms with E-state index in [1.54, 1.807) is 19.4 Å². The van der Waals surface area contributed by atoms with Gasteiger partial charge in [-0.3, -0.25) is 0 Å². The lowest BCUT2D eigenvalue weighted by Gasteiger charge is -2.36. The van der Waals surface area contributed by atoms with E-state index in [2.05, 4.69) is 31.9 Å². The molecule has 122 valence electrons. The Morgan fingerprint density at radius 1 is 1.09 bits per heavy atom. The molecule has 7 heteroatoms. The molecule has 0 amide bonds. The van der Waals surface area contributed by atoms with Crippen LogP contribution in [0.3, 0.4) is 0 Å². The number of hydrogen-bond acceptors (Lipinski definition) is 5. The van der Waals surface area contributed by atoms with Crippen molar-refractivity contribution in [3.05, 3.63) is 48.2 Å². The summed E-state index contributed by atoms with van der Waals surface area (Å²) in [4.78, 5) is 14.0. The van der Waals surface area contributed by atoms with Gasteiger partial charge in [-0.2, -0.15) is 4.98 Å². The highest BCUT2D eigenvalue weighted by Gasteiger charge is 2.21. The Morgan fingerprint density at radius 3 is 2.43 bits per heavy atom. The Bertz CT molecular complexity index is 648. The van der Waals surface area contributed by atoms with Crippen molar-refractivity contribution in [2.45, 2.75) is 0 Å². The van der Waals surface area contributed by atoms with Crippen LogP contribution < -0.4 is 9.64 Å². The highest BCUT2D eigenvalue weighted by atomic mass is 35.5. The van der Waals surface area contributed by atoms with Crippen molar-refractivity contribution in [2.24, 2.45) is 0 Å². The van der Waals surface area contributed by atoms with E-state index in [0.717, 1.165) is 36.7 Å². The summed E-state index contributed by atoms with van der Waals surface area (Å²) < 4.78 is 5.15. The molecule has 0 N–H and O–H groups in total. The number of rotatable bonds is 3. The molecule has 1 aromatic carbocycles. The fourth-order valence-electron chi connectivity index (χ4n) is 2.47. The Kier molecular flexibility index (Phi) is 6.12. The number of thiocarbonyl (C=S) groups is 1. The molecule has 0 bridgehead atoms. The number of piperazine rings is 1. The number of hydrogen-bond donors (Lipinski definition) is 0. The summed E-state index contributed by atoms with van der Waals surface area (Å²) >= 11 is 5.59. The summed E-state index contributed by atoms with van der Waals surface area (Å²) in [7, 11) is 1.61. The summed E-state index contributed by atoms with van der Waals surface area (Å²) in [6.07, 6.45) is 1.72. The molecule has 2 heterocycles. The van der Waals surface area contributed by atoms with Crippen molar-refractivity contribution in [3.8, 4) is 5.88 Å². The van der Waals surface area contributed by atoms with E-state index in [1.165, 1.54) is 0 Å². The highest BCUT2D eigenvalue weighted by molar-refractivity contribution is 7.80. The lowest BCUT2D eigenvalue weighted by molar-refractivity contribution is 0.381. The number of methoxy groups -OCH3 is 1. The van der Waals surface area contributed by atoms with Crippen LogP contribution in [0, 0.1) is 0 Å². The van der Waals surface area contributed by atoms with Gasteiger partial charge in [-0.05, 0) is 0 Å². The average molecular weight is 351 g/mol. The Labute approximate surface area is 147 Å². The second-order valence-electron chi connectivity index (χ2n) is 5.04. The fourth-order valence-corrected chi connectivity index (χ4v) is 2.79. The molecule has 3 rings (SSSR count). The van der Waals surface area contributed by atoms with Crippen molar-refractivity contribution in [3.63, 3.8) is 0 Å². The maximum absolute atomic E-state index is 5.59. The quantitative estimate of drug-likeness (QED) is 0.792. The zero-order valence-electron chi connectivity index (χ0n) is 12.9. The van der Waals surface area contributed by atoms with Crippen LogP contribution in [0.4, 0.5) is 5.95 Å². The Morgan fingerprint density at radius 2 is 1.78 bits per heavy atom. The molecule has 5 nitrogen and oxygen atoms in total. The third-order valence-corrected chi connectivity index (χ3v) is 4.19. The molecule has 0 aliphatic carbocycles. The third kappa shape index (κ3) is 4.09. The summed E-state index contributed by atoms with van der Waals surface area (Å²) in [6, 6.07) is 11.9. The summed E-state index contributed by atoms with van der Waals surface area (Å²) in [5.41, 5.74) is 1.10. The minimum atomic E-state index is 0. The maximum Gasteiger partial charge on any atom is 0.228 e. The van der Waals surface area contributed by atoms with Crippen LogP contribution in [0.5, 0.6) is 5.88 Å². The van der Waals surface area contributed by atoms with Crippen LogP contribution in [-0.2, 0) is 0 Å². The summed E-state index contributed by atoms with van der Waals surface area (Å²) in [5.74, 6) is 1.30. The number of nitrogens with zero attached hydrogens (tertiary/aromatic N) is 4. The molecule has 2 aromatic rings. The van der Waals surface area contributed by atoms with E-state index in [-0.39, 0.29) is 12.4 Å². The van der Waals surface area contributed by atoms with Crippen LogP contribution in [-0.4, -0.2) is 53.1 Å². The number of benzene rings is 1. The average Bonchev–Trinajstić information content (AvgIpc) is 2.62. The van der Waals surface area contributed by atoms with Crippen LogP contribution in [0.15, 0.2) is 42.6 Å². The molecule has 23 heavy (non-hydrogen) atoms. The van der Waals surface area contributed by atoms with Gasteiger partial charge in [-0.15, -0.1) is 12.4 Å². The molecular weight excluding hydrogens is 332 g/mol. The minimum Gasteiger partial charge on any atom is -0.481 e. The van der Waals surface area contributed by atoms with Crippen LogP contribution in [0.25, 0.3) is 0 Å². The molecule has 1 aliphatic heterocycles. The summed E-state index contributed by atoms with van der Waals surface area (Å²) in [5, 5.41) is 0. The fraction of sp³-hybridized carbons (Fsp3) is 0.312. The predicted molar refractivity (Wildman–Crippen MR) is 97.8 cm³/mol. The second-order valence-corrected chi connectivity index (χ2v) is 5.43. The van der Waals surface area contributed by atoms with Gasteiger partial charge in [0.15, 0.2) is 0 Å². The number of anilines is 1. The van der Waals surface area contributed by atoms with Crippen LogP contribution >= 0.6 is 24.6 Å². The molecule has 1 fully saturated rings. The zero-order chi connectivity index (χ0) is 15.4. The second kappa shape index (κ2) is 8.08. The lowest BCUT2D eigenvalue weighted by Crippen LogP contribution is -2.49. The van der Waals surface area contributed by atoms with Gasteiger partial charge in [-0.1, -0.05) is 42.5 Å². The smallest absolute Gasteiger partial charge is 0.228 e. The lowest BCUT2D eigenvalue weighted by atomic mass is 10.2. The number of halogens is 1. The minimum absolute atomic E-state index is 0. The molecule has 1 saturated heterocycles. The first-order chi connectivity index (χ1) is 10.8. The highest BCUT2D eigenvalue weighted by Crippen LogP contribution is 2.16. The van der Waals surface area contributed by atoms with Crippen LogP contribution in [0.2, 0.25) is 0 Å². The van der Waals surface area contributed by atoms with Crippen molar-refractivity contribution in [1.82, 2.24) is 14.9 Å². The van der Waals surface area contributed by atoms with Gasteiger partial charge in [-0.25, -0.2) is 4.98 Å². The van der Waals surface area contributed by atoms with Gasteiger partial charge in [0.1, 0.15) is 4.99 Å². The van der Waals surface area contributed by atoms with E-state index in [4.69, 9.17) is 17.0 Å². The van der Waals surface area contributed by atoms with E-state index >= 15 is 0 Å². The van der Waals surface area contributed by atoms with Crippen LogP contribution in [0.1, 0.15) is 5.56 Å². The molecule has 1 aliphatic rings. The maximum atomic E-state index is 5.59. The first kappa shape index (κ1) is 17.4. The normalized spacial score (nSPS) is 14.1. The molecule has 0 radical (unpaired) electrons. The van der Waals surface area contributed by atoms with Crippen molar-refractivity contribution < 1.29 is 4.74 Å². The summed E-state index contributed by atoms with van der Waals surface area (Å²) in [6.45, 7) is 3.43. The Hall–Kier alpha value is -1.92. The predicted octanol–water partition coefficient (Wildman–Crippen LogP) is 2.40. The van der Waals surface area contributed by atoms with E-state index in [9.17, 15) is 0 Å². The third-order valence-electron chi connectivity index (χ3n) is 3.70. The van der Waals surface area contributed by atoms with E-state index in [0.29, 0.717) is 11.8 Å². The van der Waals surface area contributed by atoms with Gasteiger partial charge >= 0.3 is 0 Å². The molecule has 0 atom stereocenters. The largest absolute Gasteiger partial charge is 0.481 e. The van der Waals surface area contributed by atoms with E-state index < -0.39 is 0 Å². The van der Waals surface area contributed by atoms with Gasteiger partial charge in [0.25, 0.3) is 0 Å².